The number of carbonyl (C=O) groups is 1. The van der Waals surface area contributed by atoms with Crippen LogP contribution < -0.4 is 5.32 Å². The molecular formula is C14H20FNO2. The smallest absolute Gasteiger partial charge is 0.224 e. The largest absolute Gasteiger partial charge is 0.388 e. The molecule has 0 saturated carbocycles. The number of nitrogens with one attached hydrogen (secondary N) is 1. The molecule has 0 bridgehead atoms. The van der Waals surface area contributed by atoms with Gasteiger partial charge in [0.15, 0.2) is 0 Å². The third-order valence-electron chi connectivity index (χ3n) is 2.71. The van der Waals surface area contributed by atoms with Crippen molar-refractivity contribution in [2.45, 2.75) is 38.7 Å². The molecule has 0 aliphatic heterocycles. The zero-order valence-corrected chi connectivity index (χ0v) is 10.9. The van der Waals surface area contributed by atoms with E-state index >= 15 is 0 Å². The molecule has 4 heteroatoms. The standard InChI is InChI=1S/C14H20FNO2/c1-3-7-14(2,18)10-16-13(17)9-11-5-4-6-12(15)8-11/h4-6,8,18H,3,7,9-10H2,1-2H3,(H,16,17). The quantitative estimate of drug-likeness (QED) is 0.815. The normalized spacial score (nSPS) is 14.0. The fraction of sp³-hybridized carbons (Fsp3) is 0.500. The Morgan fingerprint density at radius 1 is 1.50 bits per heavy atom. The Bertz CT molecular complexity index is 405. The third-order valence-corrected chi connectivity index (χ3v) is 2.71. The second-order valence-corrected chi connectivity index (χ2v) is 4.83. The van der Waals surface area contributed by atoms with Crippen LogP contribution in [0.5, 0.6) is 0 Å². The SMILES string of the molecule is CCCC(C)(O)CNC(=O)Cc1cccc(F)c1. The molecule has 1 aromatic carbocycles. The van der Waals surface area contributed by atoms with Crippen LogP contribution in [0.2, 0.25) is 0 Å². The number of amides is 1. The van der Waals surface area contributed by atoms with E-state index < -0.39 is 5.60 Å². The molecule has 1 rings (SSSR count). The lowest BCUT2D eigenvalue weighted by Crippen LogP contribution is -2.41. The van der Waals surface area contributed by atoms with Gasteiger partial charge in [-0.3, -0.25) is 4.79 Å². The van der Waals surface area contributed by atoms with Crippen LogP contribution in [0, 0.1) is 5.82 Å². The van der Waals surface area contributed by atoms with Crippen molar-refractivity contribution in [2.24, 2.45) is 0 Å². The Balaban J connectivity index is 2.43. The first-order valence-corrected chi connectivity index (χ1v) is 6.16. The molecule has 0 saturated heterocycles. The highest BCUT2D eigenvalue weighted by Gasteiger charge is 2.19. The minimum absolute atomic E-state index is 0.125. The molecule has 0 aliphatic carbocycles. The Hall–Kier alpha value is -1.42. The van der Waals surface area contributed by atoms with Gasteiger partial charge < -0.3 is 10.4 Å². The topological polar surface area (TPSA) is 49.3 Å². The number of hydrogen-bond acceptors (Lipinski definition) is 2. The fourth-order valence-corrected chi connectivity index (χ4v) is 1.81. The van der Waals surface area contributed by atoms with Gasteiger partial charge in [0.2, 0.25) is 5.91 Å². The van der Waals surface area contributed by atoms with Gasteiger partial charge in [-0.15, -0.1) is 0 Å². The Kier molecular flexibility index (Phi) is 5.28. The summed E-state index contributed by atoms with van der Waals surface area (Å²) in [6.07, 6.45) is 1.61. The second-order valence-electron chi connectivity index (χ2n) is 4.83. The molecule has 100 valence electrons. The minimum atomic E-state index is -0.883. The van der Waals surface area contributed by atoms with Gasteiger partial charge in [-0.05, 0) is 31.0 Å². The van der Waals surface area contributed by atoms with Gasteiger partial charge >= 0.3 is 0 Å². The van der Waals surface area contributed by atoms with E-state index in [1.807, 2.05) is 6.92 Å². The van der Waals surface area contributed by atoms with Crippen molar-refractivity contribution < 1.29 is 14.3 Å². The van der Waals surface area contributed by atoms with Gasteiger partial charge in [0, 0.05) is 6.54 Å². The molecule has 0 radical (unpaired) electrons. The number of aliphatic hydroxyl groups is 1. The van der Waals surface area contributed by atoms with Crippen LogP contribution in [0.1, 0.15) is 32.3 Å². The Morgan fingerprint density at radius 3 is 2.83 bits per heavy atom. The van der Waals surface area contributed by atoms with E-state index in [1.165, 1.54) is 12.1 Å². The highest BCUT2D eigenvalue weighted by Crippen LogP contribution is 2.10. The first kappa shape index (κ1) is 14.6. The van der Waals surface area contributed by atoms with Gasteiger partial charge in [-0.1, -0.05) is 25.5 Å². The van der Waals surface area contributed by atoms with Crippen molar-refractivity contribution in [3.05, 3.63) is 35.6 Å². The molecule has 1 aromatic rings. The van der Waals surface area contributed by atoms with Crippen LogP contribution in [-0.4, -0.2) is 23.2 Å². The highest BCUT2D eigenvalue weighted by molar-refractivity contribution is 5.78. The predicted molar refractivity (Wildman–Crippen MR) is 68.6 cm³/mol. The molecule has 0 spiro atoms. The summed E-state index contributed by atoms with van der Waals surface area (Å²) < 4.78 is 12.9. The summed E-state index contributed by atoms with van der Waals surface area (Å²) in [6, 6.07) is 5.95. The van der Waals surface area contributed by atoms with Crippen LogP contribution in [0.25, 0.3) is 0 Å². The average Bonchev–Trinajstić information content (AvgIpc) is 2.26. The maximum atomic E-state index is 12.9. The summed E-state index contributed by atoms with van der Waals surface area (Å²) in [7, 11) is 0. The molecule has 1 atom stereocenters. The molecule has 0 aromatic heterocycles. The summed E-state index contributed by atoms with van der Waals surface area (Å²) in [5.41, 5.74) is -0.255. The maximum Gasteiger partial charge on any atom is 0.224 e. The van der Waals surface area contributed by atoms with Crippen molar-refractivity contribution in [1.29, 1.82) is 0 Å². The average molecular weight is 253 g/mol. The van der Waals surface area contributed by atoms with Crippen molar-refractivity contribution in [3.63, 3.8) is 0 Å². The molecule has 2 N–H and O–H groups in total. The number of hydrogen-bond donors (Lipinski definition) is 2. The number of rotatable bonds is 6. The van der Waals surface area contributed by atoms with E-state index in [0.717, 1.165) is 6.42 Å². The maximum absolute atomic E-state index is 12.9. The molecule has 0 heterocycles. The van der Waals surface area contributed by atoms with Crippen LogP contribution >= 0.6 is 0 Å². The summed E-state index contributed by atoms with van der Waals surface area (Å²) in [4.78, 5) is 11.6. The summed E-state index contributed by atoms with van der Waals surface area (Å²) >= 11 is 0. The number of halogens is 1. The fourth-order valence-electron chi connectivity index (χ4n) is 1.81. The zero-order chi connectivity index (χ0) is 13.6. The Labute approximate surface area is 107 Å². The first-order valence-electron chi connectivity index (χ1n) is 6.16. The molecule has 0 aliphatic rings. The first-order chi connectivity index (χ1) is 8.43. The van der Waals surface area contributed by atoms with Gasteiger partial charge in [0.25, 0.3) is 0 Å². The van der Waals surface area contributed by atoms with Crippen molar-refractivity contribution in [3.8, 4) is 0 Å². The monoisotopic (exact) mass is 253 g/mol. The highest BCUT2D eigenvalue weighted by atomic mass is 19.1. The molecule has 1 unspecified atom stereocenters. The predicted octanol–water partition coefficient (Wildman–Crippen LogP) is 2.04. The van der Waals surface area contributed by atoms with Crippen LogP contribution in [-0.2, 0) is 11.2 Å². The van der Waals surface area contributed by atoms with Crippen LogP contribution in [0.4, 0.5) is 4.39 Å². The number of carbonyl (C=O) groups excluding carboxylic acids is 1. The molecular weight excluding hydrogens is 233 g/mol. The second kappa shape index (κ2) is 6.50. The lowest BCUT2D eigenvalue weighted by atomic mass is 10.0. The van der Waals surface area contributed by atoms with Crippen molar-refractivity contribution in [2.75, 3.05) is 6.54 Å². The van der Waals surface area contributed by atoms with Gasteiger partial charge in [-0.25, -0.2) is 4.39 Å². The van der Waals surface area contributed by atoms with Crippen LogP contribution in [0.15, 0.2) is 24.3 Å². The lowest BCUT2D eigenvalue weighted by molar-refractivity contribution is -0.121. The Morgan fingerprint density at radius 2 is 2.22 bits per heavy atom. The zero-order valence-electron chi connectivity index (χ0n) is 10.9. The van der Waals surface area contributed by atoms with Crippen molar-refractivity contribution in [1.82, 2.24) is 5.32 Å². The van der Waals surface area contributed by atoms with E-state index in [0.29, 0.717) is 12.0 Å². The number of benzene rings is 1. The van der Waals surface area contributed by atoms with E-state index in [1.54, 1.807) is 19.1 Å². The summed E-state index contributed by atoms with van der Waals surface area (Å²) in [5.74, 6) is -0.560. The van der Waals surface area contributed by atoms with E-state index in [4.69, 9.17) is 0 Å². The van der Waals surface area contributed by atoms with E-state index in [-0.39, 0.29) is 24.7 Å². The lowest BCUT2D eigenvalue weighted by Gasteiger charge is -2.22. The van der Waals surface area contributed by atoms with Gasteiger partial charge in [0.1, 0.15) is 5.82 Å². The van der Waals surface area contributed by atoms with Gasteiger partial charge in [0.05, 0.1) is 12.0 Å². The molecule has 0 fully saturated rings. The summed E-state index contributed by atoms with van der Waals surface area (Å²) in [6.45, 7) is 3.89. The molecule has 18 heavy (non-hydrogen) atoms. The van der Waals surface area contributed by atoms with Gasteiger partial charge in [-0.2, -0.15) is 0 Å². The molecule has 1 amide bonds. The van der Waals surface area contributed by atoms with E-state index in [9.17, 15) is 14.3 Å². The van der Waals surface area contributed by atoms with E-state index in [2.05, 4.69) is 5.32 Å². The van der Waals surface area contributed by atoms with Crippen LogP contribution in [0.3, 0.4) is 0 Å². The minimum Gasteiger partial charge on any atom is -0.388 e. The van der Waals surface area contributed by atoms with Crippen molar-refractivity contribution >= 4 is 5.91 Å². The third kappa shape index (κ3) is 5.27. The molecule has 3 nitrogen and oxygen atoms in total. The summed E-state index contributed by atoms with van der Waals surface area (Å²) in [5, 5.41) is 12.6.